The van der Waals surface area contributed by atoms with Crippen molar-refractivity contribution < 1.29 is 9.66 Å². The second-order valence-corrected chi connectivity index (χ2v) is 6.24. The van der Waals surface area contributed by atoms with Gasteiger partial charge < -0.3 is 4.74 Å². The van der Waals surface area contributed by atoms with E-state index in [-0.39, 0.29) is 5.69 Å². The van der Waals surface area contributed by atoms with E-state index in [4.69, 9.17) is 4.74 Å². The Morgan fingerprint density at radius 1 is 1.26 bits per heavy atom. The number of unbranched alkanes of at least 4 members (excludes halogenated alkanes) is 2. The quantitative estimate of drug-likeness (QED) is 0.385. The fourth-order valence-electron chi connectivity index (χ4n) is 1.61. The van der Waals surface area contributed by atoms with Crippen LogP contribution in [-0.4, -0.2) is 22.5 Å². The highest BCUT2D eigenvalue weighted by molar-refractivity contribution is 7.99. The number of rotatable bonds is 9. The Hall–Kier alpha value is -1.23. The van der Waals surface area contributed by atoms with Crippen molar-refractivity contribution in [1.82, 2.24) is 0 Å². The van der Waals surface area contributed by atoms with Crippen molar-refractivity contribution in [2.45, 2.75) is 38.4 Å². The number of nitro groups is 1. The van der Waals surface area contributed by atoms with Crippen molar-refractivity contribution in [2.24, 2.45) is 0 Å². The van der Waals surface area contributed by atoms with Gasteiger partial charge in [0, 0.05) is 6.07 Å². The third-order valence-electron chi connectivity index (χ3n) is 2.56. The first-order chi connectivity index (χ1) is 9.11. The van der Waals surface area contributed by atoms with Crippen LogP contribution in [0.2, 0.25) is 0 Å². The first kappa shape index (κ1) is 15.8. The molecule has 0 amide bonds. The van der Waals surface area contributed by atoms with E-state index in [0.717, 1.165) is 12.8 Å². The lowest BCUT2D eigenvalue weighted by molar-refractivity contribution is -0.385. The number of thioether (sulfide) groups is 1. The van der Waals surface area contributed by atoms with Gasteiger partial charge in [-0.2, -0.15) is 11.8 Å². The van der Waals surface area contributed by atoms with Crippen LogP contribution in [0, 0.1) is 10.1 Å². The van der Waals surface area contributed by atoms with Crippen molar-refractivity contribution in [3.63, 3.8) is 0 Å². The molecule has 0 spiro atoms. The predicted molar refractivity (Wildman–Crippen MR) is 80.0 cm³/mol. The number of nitrogens with zero attached hydrogens (tertiary/aromatic N) is 1. The van der Waals surface area contributed by atoms with E-state index in [1.165, 1.54) is 18.2 Å². The fourth-order valence-corrected chi connectivity index (χ4v) is 2.45. The molecule has 0 bridgehead atoms. The number of nitro benzene ring substituents is 1. The Balaban J connectivity index is 2.21. The zero-order valence-corrected chi connectivity index (χ0v) is 12.3. The van der Waals surface area contributed by atoms with E-state index >= 15 is 0 Å². The summed E-state index contributed by atoms with van der Waals surface area (Å²) < 4.78 is 5.48. The number of ether oxygens (including phenoxy) is 1. The van der Waals surface area contributed by atoms with Gasteiger partial charge in [-0.05, 0) is 36.3 Å². The standard InChI is InChI=1S/C14H21NO3S/c1-12(2)19-11-7-3-6-10-18-14-9-5-4-8-13(14)15(16)17/h4-5,8-9,12H,3,6-7,10-11H2,1-2H3. The minimum atomic E-state index is -0.408. The van der Waals surface area contributed by atoms with Crippen LogP contribution in [0.25, 0.3) is 0 Å². The fraction of sp³-hybridized carbons (Fsp3) is 0.571. The van der Waals surface area contributed by atoms with Gasteiger partial charge in [-0.15, -0.1) is 0 Å². The van der Waals surface area contributed by atoms with Gasteiger partial charge in [-0.3, -0.25) is 10.1 Å². The first-order valence-electron chi connectivity index (χ1n) is 6.59. The molecule has 5 heteroatoms. The Morgan fingerprint density at radius 3 is 2.68 bits per heavy atom. The first-order valence-corrected chi connectivity index (χ1v) is 7.64. The van der Waals surface area contributed by atoms with Crippen LogP contribution in [0.1, 0.15) is 33.1 Å². The van der Waals surface area contributed by atoms with Gasteiger partial charge in [-0.25, -0.2) is 0 Å². The predicted octanol–water partition coefficient (Wildman–Crippen LogP) is 4.29. The maximum atomic E-state index is 10.8. The average Bonchev–Trinajstić information content (AvgIpc) is 2.37. The van der Waals surface area contributed by atoms with E-state index in [9.17, 15) is 10.1 Å². The van der Waals surface area contributed by atoms with E-state index < -0.39 is 4.92 Å². The highest BCUT2D eigenvalue weighted by Crippen LogP contribution is 2.25. The van der Waals surface area contributed by atoms with Crippen LogP contribution in [0.15, 0.2) is 24.3 Å². The van der Waals surface area contributed by atoms with Crippen molar-refractivity contribution in [1.29, 1.82) is 0 Å². The lowest BCUT2D eigenvalue weighted by Gasteiger charge is -2.07. The largest absolute Gasteiger partial charge is 0.487 e. The molecule has 0 saturated heterocycles. The third-order valence-corrected chi connectivity index (χ3v) is 3.75. The Kier molecular flexibility index (Phi) is 7.33. The Morgan fingerprint density at radius 2 is 2.00 bits per heavy atom. The van der Waals surface area contributed by atoms with Crippen LogP contribution in [0.5, 0.6) is 5.75 Å². The smallest absolute Gasteiger partial charge is 0.310 e. The molecule has 1 rings (SSSR count). The molecule has 1 aromatic carbocycles. The van der Waals surface area contributed by atoms with Crippen molar-refractivity contribution >= 4 is 17.4 Å². The molecule has 4 nitrogen and oxygen atoms in total. The molecule has 106 valence electrons. The number of hydrogen-bond donors (Lipinski definition) is 0. The van der Waals surface area contributed by atoms with Crippen LogP contribution in [0.3, 0.4) is 0 Å². The van der Waals surface area contributed by atoms with Gasteiger partial charge in [0.25, 0.3) is 0 Å². The minimum Gasteiger partial charge on any atom is -0.487 e. The highest BCUT2D eigenvalue weighted by atomic mass is 32.2. The van der Waals surface area contributed by atoms with Crippen molar-refractivity contribution in [3.8, 4) is 5.75 Å². The number of benzene rings is 1. The van der Waals surface area contributed by atoms with E-state index in [1.807, 2.05) is 11.8 Å². The second-order valence-electron chi connectivity index (χ2n) is 4.55. The van der Waals surface area contributed by atoms with Gasteiger partial charge in [0.2, 0.25) is 0 Å². The molecule has 0 aromatic heterocycles. The summed E-state index contributed by atoms with van der Waals surface area (Å²) in [5.41, 5.74) is 0.0397. The van der Waals surface area contributed by atoms with E-state index in [2.05, 4.69) is 13.8 Å². The van der Waals surface area contributed by atoms with Gasteiger partial charge in [0.1, 0.15) is 0 Å². The van der Waals surface area contributed by atoms with Crippen LogP contribution in [0.4, 0.5) is 5.69 Å². The molecule has 0 aliphatic rings. The van der Waals surface area contributed by atoms with E-state index in [1.54, 1.807) is 18.2 Å². The molecule has 0 N–H and O–H groups in total. The monoisotopic (exact) mass is 283 g/mol. The van der Waals surface area contributed by atoms with Crippen LogP contribution < -0.4 is 4.74 Å². The lowest BCUT2D eigenvalue weighted by Crippen LogP contribution is -2.01. The van der Waals surface area contributed by atoms with Gasteiger partial charge in [-0.1, -0.05) is 26.0 Å². The molecule has 0 aliphatic carbocycles. The van der Waals surface area contributed by atoms with Crippen LogP contribution in [-0.2, 0) is 0 Å². The molecule has 0 unspecified atom stereocenters. The summed E-state index contributed by atoms with van der Waals surface area (Å²) in [6.07, 6.45) is 3.20. The van der Waals surface area contributed by atoms with Gasteiger partial charge >= 0.3 is 5.69 Å². The van der Waals surface area contributed by atoms with Crippen molar-refractivity contribution in [3.05, 3.63) is 34.4 Å². The maximum Gasteiger partial charge on any atom is 0.310 e. The number of hydrogen-bond acceptors (Lipinski definition) is 4. The normalized spacial score (nSPS) is 10.7. The zero-order chi connectivity index (χ0) is 14.1. The summed E-state index contributed by atoms with van der Waals surface area (Å²) in [6, 6.07) is 6.51. The summed E-state index contributed by atoms with van der Waals surface area (Å²) in [7, 11) is 0. The molecule has 0 aliphatic heterocycles. The van der Waals surface area contributed by atoms with Crippen LogP contribution >= 0.6 is 11.8 Å². The Labute approximate surface area is 118 Å². The highest BCUT2D eigenvalue weighted by Gasteiger charge is 2.12. The van der Waals surface area contributed by atoms with Gasteiger partial charge in [0.15, 0.2) is 5.75 Å². The molecule has 1 aromatic rings. The second kappa shape index (κ2) is 8.80. The zero-order valence-electron chi connectivity index (χ0n) is 11.5. The molecular formula is C14H21NO3S. The summed E-state index contributed by atoms with van der Waals surface area (Å²) in [5.74, 6) is 1.53. The Bertz CT molecular complexity index is 396. The minimum absolute atomic E-state index is 0.0397. The van der Waals surface area contributed by atoms with Crippen molar-refractivity contribution in [2.75, 3.05) is 12.4 Å². The molecule has 0 atom stereocenters. The summed E-state index contributed by atoms with van der Waals surface area (Å²) in [6.45, 7) is 4.93. The van der Waals surface area contributed by atoms with Gasteiger partial charge in [0.05, 0.1) is 11.5 Å². The molecule has 19 heavy (non-hydrogen) atoms. The summed E-state index contributed by atoms with van der Waals surface area (Å²) in [5, 5.41) is 11.5. The summed E-state index contributed by atoms with van der Waals surface area (Å²) in [4.78, 5) is 10.4. The molecule has 0 saturated carbocycles. The maximum absolute atomic E-state index is 10.8. The molecule has 0 fully saturated rings. The topological polar surface area (TPSA) is 52.4 Å². The third kappa shape index (κ3) is 6.47. The average molecular weight is 283 g/mol. The summed E-state index contributed by atoms with van der Waals surface area (Å²) >= 11 is 1.96. The molecule has 0 radical (unpaired) electrons. The number of para-hydroxylation sites is 2. The lowest BCUT2D eigenvalue weighted by atomic mass is 10.2. The molecule has 0 heterocycles. The van der Waals surface area contributed by atoms with E-state index in [0.29, 0.717) is 17.6 Å². The SMILES string of the molecule is CC(C)SCCCCCOc1ccccc1[N+](=O)[O-]. The molecular weight excluding hydrogens is 262 g/mol.